The van der Waals surface area contributed by atoms with Crippen molar-refractivity contribution in [3.05, 3.63) is 36.9 Å². The van der Waals surface area contributed by atoms with Crippen LogP contribution in [0, 0.1) is 11.8 Å². The summed E-state index contributed by atoms with van der Waals surface area (Å²) in [6.07, 6.45) is 1.57. The maximum Gasteiger partial charge on any atom is 0.310 e. The first kappa shape index (κ1) is 26.6. The number of hydrogen-bond donors (Lipinski definition) is 2. The average molecular weight is 564 g/mol. The van der Waals surface area contributed by atoms with Crippen LogP contribution in [0.2, 0.25) is 0 Å². The minimum atomic E-state index is -1.24. The number of hydrogen-bond acceptors (Lipinski definition) is 6. The number of nitrogens with zero attached hydrogens (tertiary/aromatic N) is 3. The smallest absolute Gasteiger partial charge is 0.310 e. The van der Waals surface area contributed by atoms with Crippen molar-refractivity contribution in [3.8, 4) is 0 Å². The highest BCUT2D eigenvalue weighted by Gasteiger charge is 2.76. The van der Waals surface area contributed by atoms with E-state index in [2.05, 4.69) is 41.3 Å². The number of ether oxygens (including phenoxy) is 1. The molecule has 1 aromatic rings. The zero-order chi connectivity index (χ0) is 26.2. The third-order valence-corrected chi connectivity index (χ3v) is 8.58. The Morgan fingerprint density at radius 1 is 1.25 bits per heavy atom. The Labute approximate surface area is 219 Å². The van der Waals surface area contributed by atoms with Crippen LogP contribution in [0.5, 0.6) is 0 Å². The van der Waals surface area contributed by atoms with Crippen LogP contribution in [0.15, 0.2) is 36.9 Å². The summed E-state index contributed by atoms with van der Waals surface area (Å²) in [4.78, 5) is 45.0. The van der Waals surface area contributed by atoms with Crippen molar-refractivity contribution in [3.63, 3.8) is 0 Å². The molecule has 36 heavy (non-hydrogen) atoms. The molecule has 3 aliphatic rings. The van der Waals surface area contributed by atoms with Crippen molar-refractivity contribution in [1.82, 2.24) is 4.90 Å². The molecule has 196 valence electrons. The maximum absolute atomic E-state index is 14.3. The summed E-state index contributed by atoms with van der Waals surface area (Å²) in [5.41, 5.74) is 0.452. The Bertz CT molecular complexity index is 1020. The molecule has 3 aliphatic heterocycles. The Hall–Kier alpha value is -2.43. The van der Waals surface area contributed by atoms with Gasteiger partial charge in [-0.3, -0.25) is 14.4 Å². The highest BCUT2D eigenvalue weighted by Crippen LogP contribution is 2.60. The number of aliphatic carboxylic acids is 1. The van der Waals surface area contributed by atoms with E-state index in [1.807, 2.05) is 24.3 Å². The van der Waals surface area contributed by atoms with Gasteiger partial charge in [0.25, 0.3) is 5.91 Å². The van der Waals surface area contributed by atoms with E-state index in [9.17, 15) is 24.6 Å². The first-order valence-corrected chi connectivity index (χ1v) is 13.4. The number of alkyl halides is 1. The van der Waals surface area contributed by atoms with Gasteiger partial charge in [0.2, 0.25) is 5.91 Å². The molecule has 0 aromatic heterocycles. The summed E-state index contributed by atoms with van der Waals surface area (Å²) in [5.74, 6) is -3.82. The predicted molar refractivity (Wildman–Crippen MR) is 139 cm³/mol. The Morgan fingerprint density at radius 2 is 1.89 bits per heavy atom. The number of halogens is 1. The molecular formula is C26H34BrN3O6. The van der Waals surface area contributed by atoms with E-state index in [1.54, 1.807) is 11.0 Å². The van der Waals surface area contributed by atoms with Gasteiger partial charge in [0, 0.05) is 49.0 Å². The molecule has 0 saturated carbocycles. The molecular weight excluding hydrogens is 530 g/mol. The molecule has 3 fully saturated rings. The number of benzene rings is 1. The highest BCUT2D eigenvalue weighted by atomic mass is 79.9. The van der Waals surface area contributed by atoms with Crippen LogP contribution >= 0.6 is 15.9 Å². The van der Waals surface area contributed by atoms with Crippen molar-refractivity contribution in [1.29, 1.82) is 0 Å². The van der Waals surface area contributed by atoms with Crippen LogP contribution < -0.4 is 9.80 Å². The maximum atomic E-state index is 14.3. The number of carboxylic acids is 1. The number of anilines is 2. The Balaban J connectivity index is 1.74. The van der Waals surface area contributed by atoms with Gasteiger partial charge in [-0.2, -0.15) is 0 Å². The molecule has 6 atom stereocenters. The van der Waals surface area contributed by atoms with Crippen LogP contribution in [0.1, 0.15) is 26.7 Å². The molecule has 2 amide bonds. The van der Waals surface area contributed by atoms with Gasteiger partial charge in [-0.1, -0.05) is 22.0 Å². The van der Waals surface area contributed by atoms with Crippen LogP contribution in [0.4, 0.5) is 11.4 Å². The monoisotopic (exact) mass is 563 g/mol. The number of rotatable bonds is 11. The van der Waals surface area contributed by atoms with E-state index in [0.29, 0.717) is 12.1 Å². The molecule has 1 aromatic carbocycles. The molecule has 2 bridgehead atoms. The minimum Gasteiger partial charge on any atom is -0.481 e. The molecule has 3 heterocycles. The number of aliphatic hydroxyl groups excluding tert-OH is 1. The van der Waals surface area contributed by atoms with Gasteiger partial charge in [0.05, 0.1) is 17.9 Å². The quantitative estimate of drug-likeness (QED) is 0.314. The van der Waals surface area contributed by atoms with Crippen molar-refractivity contribution in [2.75, 3.05) is 42.6 Å². The SMILES string of the molecule is C=CCN(C(=O)[C@H]1N(CCCO)C(=O)[C@@H]2[C@@H](C(=O)O)[C@@H]3O[C@@]21CC3Br)c1ccc(N(CC)CC)cc1. The van der Waals surface area contributed by atoms with Crippen molar-refractivity contribution in [2.45, 2.75) is 49.3 Å². The second kappa shape index (κ2) is 10.5. The largest absolute Gasteiger partial charge is 0.481 e. The van der Waals surface area contributed by atoms with Gasteiger partial charge < -0.3 is 29.6 Å². The third kappa shape index (κ3) is 4.13. The number of fused-ring (bicyclic) bond motifs is 1. The van der Waals surface area contributed by atoms with E-state index in [4.69, 9.17) is 4.74 Å². The number of amides is 2. The normalized spacial score (nSPS) is 30.4. The standard InChI is InChI=1S/C26H34BrN3O6/c1-4-12-29(17-10-8-16(9-11-17)28(5-2)6-3)24(33)22-26-15-18(27)21(36-26)19(25(34)35)20(26)23(32)30(22)13-7-14-31/h4,8-11,18-22,31H,1,5-7,12-15H2,2-3H3,(H,34,35)/t18?,19-,20+,21-,22-,26+/m1/s1. The lowest BCUT2D eigenvalue weighted by Crippen LogP contribution is -2.57. The molecule has 2 N–H and O–H groups in total. The predicted octanol–water partition coefficient (Wildman–Crippen LogP) is 2.27. The molecule has 4 rings (SSSR count). The summed E-state index contributed by atoms with van der Waals surface area (Å²) in [5, 5.41) is 19.4. The topological polar surface area (TPSA) is 111 Å². The van der Waals surface area contributed by atoms with Crippen molar-refractivity contribution in [2.24, 2.45) is 11.8 Å². The fraction of sp³-hybridized carbons (Fsp3) is 0.577. The number of aliphatic hydroxyl groups is 1. The zero-order valence-corrected chi connectivity index (χ0v) is 22.3. The molecule has 0 aliphatic carbocycles. The van der Waals surface area contributed by atoms with E-state index in [-0.39, 0.29) is 36.9 Å². The molecule has 10 heteroatoms. The summed E-state index contributed by atoms with van der Waals surface area (Å²) < 4.78 is 6.30. The summed E-state index contributed by atoms with van der Waals surface area (Å²) in [6, 6.07) is 6.67. The van der Waals surface area contributed by atoms with E-state index >= 15 is 0 Å². The average Bonchev–Trinajstić information content (AvgIpc) is 3.45. The van der Waals surface area contributed by atoms with E-state index in [1.165, 1.54) is 4.90 Å². The van der Waals surface area contributed by atoms with Crippen LogP contribution in [0.25, 0.3) is 0 Å². The Morgan fingerprint density at radius 3 is 2.44 bits per heavy atom. The molecule has 9 nitrogen and oxygen atoms in total. The van der Waals surface area contributed by atoms with Gasteiger partial charge >= 0.3 is 5.97 Å². The van der Waals surface area contributed by atoms with Crippen LogP contribution in [-0.4, -0.2) is 88.3 Å². The van der Waals surface area contributed by atoms with Gasteiger partial charge in [-0.25, -0.2) is 0 Å². The molecule has 3 saturated heterocycles. The summed E-state index contributed by atoms with van der Waals surface area (Å²) >= 11 is 3.55. The fourth-order valence-corrected chi connectivity index (χ4v) is 7.15. The van der Waals surface area contributed by atoms with Gasteiger partial charge in [0.1, 0.15) is 11.6 Å². The lowest BCUT2D eigenvalue weighted by Gasteiger charge is -2.37. The number of carboxylic acid groups (broad SMARTS) is 1. The number of carbonyl (C=O) groups is 3. The lowest BCUT2D eigenvalue weighted by atomic mass is 9.70. The van der Waals surface area contributed by atoms with E-state index in [0.717, 1.165) is 18.8 Å². The van der Waals surface area contributed by atoms with Crippen molar-refractivity contribution < 1.29 is 29.3 Å². The second-order valence-electron chi connectivity index (χ2n) is 9.54. The summed E-state index contributed by atoms with van der Waals surface area (Å²) in [7, 11) is 0. The Kier molecular flexibility index (Phi) is 7.78. The minimum absolute atomic E-state index is 0.139. The van der Waals surface area contributed by atoms with Gasteiger partial charge in [0.15, 0.2) is 0 Å². The summed E-state index contributed by atoms with van der Waals surface area (Å²) in [6.45, 7) is 9.89. The number of likely N-dealkylation sites (tertiary alicyclic amines) is 1. The lowest BCUT2D eigenvalue weighted by molar-refractivity contribution is -0.149. The molecule has 0 radical (unpaired) electrons. The zero-order valence-electron chi connectivity index (χ0n) is 20.7. The van der Waals surface area contributed by atoms with Gasteiger partial charge in [-0.05, 0) is 51.0 Å². The molecule has 1 unspecified atom stereocenters. The fourth-order valence-electron chi connectivity index (χ4n) is 6.20. The van der Waals surface area contributed by atoms with Crippen LogP contribution in [-0.2, 0) is 19.1 Å². The van der Waals surface area contributed by atoms with Crippen LogP contribution in [0.3, 0.4) is 0 Å². The first-order chi connectivity index (χ1) is 17.2. The number of carbonyl (C=O) groups excluding carboxylic acids is 2. The molecule has 1 spiro atoms. The third-order valence-electron chi connectivity index (χ3n) is 7.73. The van der Waals surface area contributed by atoms with Gasteiger partial charge in [-0.15, -0.1) is 6.58 Å². The van der Waals surface area contributed by atoms with E-state index < -0.39 is 41.5 Å². The highest BCUT2D eigenvalue weighted by molar-refractivity contribution is 9.09. The second-order valence-corrected chi connectivity index (χ2v) is 10.7. The first-order valence-electron chi connectivity index (χ1n) is 12.5. The van der Waals surface area contributed by atoms with Crippen molar-refractivity contribution >= 4 is 45.1 Å².